The molecule has 0 aliphatic carbocycles. The third-order valence-electron chi connectivity index (χ3n) is 4.34. The summed E-state index contributed by atoms with van der Waals surface area (Å²) in [6.07, 6.45) is 7.74. The zero-order chi connectivity index (χ0) is 15.5. The molecule has 0 bridgehead atoms. The fourth-order valence-electron chi connectivity index (χ4n) is 3.02. The lowest BCUT2D eigenvalue weighted by Crippen LogP contribution is -2.37. The predicted molar refractivity (Wildman–Crippen MR) is 85.2 cm³/mol. The summed E-state index contributed by atoms with van der Waals surface area (Å²) in [5, 5.41) is 0. The van der Waals surface area contributed by atoms with E-state index in [1.807, 2.05) is 25.4 Å². The van der Waals surface area contributed by atoms with Gasteiger partial charge in [0, 0.05) is 24.9 Å². The number of likely N-dealkylation sites (tertiary alicyclic amines) is 1. The van der Waals surface area contributed by atoms with Crippen LogP contribution in [-0.2, 0) is 0 Å². The molecule has 1 aliphatic rings. The van der Waals surface area contributed by atoms with Gasteiger partial charge < -0.3 is 5.73 Å². The quantitative estimate of drug-likeness (QED) is 0.934. The number of anilines is 1. The standard InChI is InChI=1S/C16H22N6/c1-11-8-20-15(9-19-11)12(2)22-7-3-4-13(10-22)14-5-6-18-16(17)21-14/h5-6,8-9,12-13H,3-4,7,10H2,1-2H3,(H2,17,18,21). The Kier molecular flexibility index (Phi) is 4.29. The van der Waals surface area contributed by atoms with Crippen molar-refractivity contribution in [2.45, 2.75) is 38.6 Å². The molecule has 3 heterocycles. The van der Waals surface area contributed by atoms with Crippen molar-refractivity contribution >= 4 is 5.95 Å². The van der Waals surface area contributed by atoms with Crippen LogP contribution in [0.5, 0.6) is 0 Å². The van der Waals surface area contributed by atoms with E-state index in [0.717, 1.165) is 43.0 Å². The molecule has 2 atom stereocenters. The minimum Gasteiger partial charge on any atom is -0.368 e. The number of rotatable bonds is 3. The summed E-state index contributed by atoms with van der Waals surface area (Å²) in [7, 11) is 0. The Bertz CT molecular complexity index is 627. The highest BCUT2D eigenvalue weighted by atomic mass is 15.2. The van der Waals surface area contributed by atoms with Crippen molar-refractivity contribution in [2.75, 3.05) is 18.8 Å². The monoisotopic (exact) mass is 298 g/mol. The molecule has 0 radical (unpaired) electrons. The molecule has 0 aromatic carbocycles. The van der Waals surface area contributed by atoms with Gasteiger partial charge in [-0.05, 0) is 39.3 Å². The lowest BCUT2D eigenvalue weighted by molar-refractivity contribution is 0.154. The highest BCUT2D eigenvalue weighted by Gasteiger charge is 2.27. The number of aryl methyl sites for hydroxylation is 1. The Morgan fingerprint density at radius 3 is 2.86 bits per heavy atom. The molecular weight excluding hydrogens is 276 g/mol. The van der Waals surface area contributed by atoms with Gasteiger partial charge in [0.15, 0.2) is 0 Å². The van der Waals surface area contributed by atoms with Crippen LogP contribution in [0.15, 0.2) is 24.7 Å². The highest BCUT2D eigenvalue weighted by molar-refractivity contribution is 5.20. The fourth-order valence-corrected chi connectivity index (χ4v) is 3.02. The van der Waals surface area contributed by atoms with Crippen LogP contribution < -0.4 is 5.73 Å². The Morgan fingerprint density at radius 2 is 2.14 bits per heavy atom. The predicted octanol–water partition coefficient (Wildman–Crippen LogP) is 2.10. The van der Waals surface area contributed by atoms with E-state index in [-0.39, 0.29) is 6.04 Å². The van der Waals surface area contributed by atoms with Gasteiger partial charge in [-0.2, -0.15) is 0 Å². The molecule has 0 saturated carbocycles. The second kappa shape index (κ2) is 6.36. The van der Waals surface area contributed by atoms with Gasteiger partial charge in [-0.3, -0.25) is 14.9 Å². The Labute approximate surface area is 130 Å². The van der Waals surface area contributed by atoms with Crippen molar-refractivity contribution in [3.63, 3.8) is 0 Å². The maximum Gasteiger partial charge on any atom is 0.220 e. The summed E-state index contributed by atoms with van der Waals surface area (Å²) in [5.74, 6) is 0.756. The molecule has 1 aliphatic heterocycles. The molecule has 1 saturated heterocycles. The van der Waals surface area contributed by atoms with Crippen LogP contribution in [0.1, 0.15) is 48.8 Å². The number of aromatic nitrogens is 4. The molecule has 0 amide bonds. The molecule has 3 rings (SSSR count). The van der Waals surface area contributed by atoms with Crippen LogP contribution in [-0.4, -0.2) is 37.9 Å². The molecular formula is C16H22N6. The van der Waals surface area contributed by atoms with Crippen molar-refractivity contribution in [1.29, 1.82) is 0 Å². The van der Waals surface area contributed by atoms with Crippen molar-refractivity contribution in [3.8, 4) is 0 Å². The highest BCUT2D eigenvalue weighted by Crippen LogP contribution is 2.30. The number of piperidine rings is 1. The van der Waals surface area contributed by atoms with E-state index in [1.54, 1.807) is 6.20 Å². The van der Waals surface area contributed by atoms with E-state index in [4.69, 9.17) is 5.73 Å². The first kappa shape index (κ1) is 14.8. The van der Waals surface area contributed by atoms with Gasteiger partial charge in [-0.1, -0.05) is 0 Å². The smallest absolute Gasteiger partial charge is 0.220 e. The van der Waals surface area contributed by atoms with Gasteiger partial charge >= 0.3 is 0 Å². The minimum absolute atomic E-state index is 0.259. The molecule has 1 fully saturated rings. The Morgan fingerprint density at radius 1 is 1.27 bits per heavy atom. The van der Waals surface area contributed by atoms with E-state index < -0.39 is 0 Å². The van der Waals surface area contributed by atoms with E-state index in [2.05, 4.69) is 31.8 Å². The summed E-state index contributed by atoms with van der Waals surface area (Å²) in [5.41, 5.74) is 8.72. The molecule has 6 nitrogen and oxygen atoms in total. The third-order valence-corrected chi connectivity index (χ3v) is 4.34. The van der Waals surface area contributed by atoms with Crippen molar-refractivity contribution in [3.05, 3.63) is 41.7 Å². The first-order valence-electron chi connectivity index (χ1n) is 7.74. The van der Waals surface area contributed by atoms with Crippen LogP contribution in [0.4, 0.5) is 5.95 Å². The fraction of sp³-hybridized carbons (Fsp3) is 0.500. The maximum absolute atomic E-state index is 5.71. The summed E-state index contributed by atoms with van der Waals surface area (Å²) < 4.78 is 0. The molecule has 2 unspecified atom stereocenters. The van der Waals surface area contributed by atoms with Gasteiger partial charge in [0.2, 0.25) is 5.95 Å². The lowest BCUT2D eigenvalue weighted by Gasteiger charge is -2.36. The summed E-state index contributed by atoms with van der Waals surface area (Å²) in [6.45, 7) is 6.19. The first-order valence-corrected chi connectivity index (χ1v) is 7.74. The number of hydrogen-bond acceptors (Lipinski definition) is 6. The average molecular weight is 298 g/mol. The summed E-state index contributed by atoms with van der Waals surface area (Å²) in [4.78, 5) is 19.7. The van der Waals surface area contributed by atoms with Gasteiger partial charge in [0.25, 0.3) is 0 Å². The van der Waals surface area contributed by atoms with Crippen LogP contribution in [0.25, 0.3) is 0 Å². The van der Waals surface area contributed by atoms with Crippen molar-refractivity contribution < 1.29 is 0 Å². The van der Waals surface area contributed by atoms with E-state index in [9.17, 15) is 0 Å². The first-order chi connectivity index (χ1) is 10.6. The second-order valence-corrected chi connectivity index (χ2v) is 5.93. The van der Waals surface area contributed by atoms with Gasteiger partial charge in [0.1, 0.15) is 0 Å². The maximum atomic E-state index is 5.71. The van der Waals surface area contributed by atoms with E-state index in [1.165, 1.54) is 0 Å². The molecule has 6 heteroatoms. The van der Waals surface area contributed by atoms with Crippen LogP contribution in [0, 0.1) is 6.92 Å². The Balaban J connectivity index is 1.73. The average Bonchev–Trinajstić information content (AvgIpc) is 2.55. The zero-order valence-corrected chi connectivity index (χ0v) is 13.1. The lowest BCUT2D eigenvalue weighted by atomic mass is 9.93. The van der Waals surface area contributed by atoms with Gasteiger partial charge in [-0.25, -0.2) is 9.97 Å². The largest absolute Gasteiger partial charge is 0.368 e. The Hall–Kier alpha value is -2.08. The van der Waals surface area contributed by atoms with Crippen molar-refractivity contribution in [1.82, 2.24) is 24.8 Å². The molecule has 2 aromatic heterocycles. The van der Waals surface area contributed by atoms with Crippen LogP contribution in [0.3, 0.4) is 0 Å². The molecule has 2 aromatic rings. The van der Waals surface area contributed by atoms with Crippen LogP contribution >= 0.6 is 0 Å². The van der Waals surface area contributed by atoms with E-state index in [0.29, 0.717) is 11.9 Å². The zero-order valence-electron chi connectivity index (χ0n) is 13.1. The van der Waals surface area contributed by atoms with Crippen molar-refractivity contribution in [2.24, 2.45) is 0 Å². The third kappa shape index (κ3) is 3.22. The van der Waals surface area contributed by atoms with Gasteiger partial charge in [-0.15, -0.1) is 0 Å². The van der Waals surface area contributed by atoms with Gasteiger partial charge in [0.05, 0.1) is 29.3 Å². The number of nitrogens with zero attached hydrogens (tertiary/aromatic N) is 5. The topological polar surface area (TPSA) is 80.8 Å². The number of nitrogen functional groups attached to an aromatic ring is 1. The molecule has 22 heavy (non-hydrogen) atoms. The minimum atomic E-state index is 0.259. The summed E-state index contributed by atoms with van der Waals surface area (Å²) in [6, 6.07) is 2.23. The molecule has 2 N–H and O–H groups in total. The van der Waals surface area contributed by atoms with Crippen LogP contribution in [0.2, 0.25) is 0 Å². The normalized spacial score (nSPS) is 20.7. The molecule has 116 valence electrons. The molecule has 0 spiro atoms. The summed E-state index contributed by atoms with van der Waals surface area (Å²) >= 11 is 0. The number of hydrogen-bond donors (Lipinski definition) is 1. The SMILES string of the molecule is Cc1cnc(C(C)N2CCCC(c3ccnc(N)n3)C2)cn1. The second-order valence-electron chi connectivity index (χ2n) is 5.93. The van der Waals surface area contributed by atoms with E-state index >= 15 is 0 Å². The number of nitrogens with two attached hydrogens (primary N) is 1.